The molecule has 6 nitrogen and oxygen atoms in total. The number of ether oxygens (including phenoxy) is 1. The van der Waals surface area contributed by atoms with Gasteiger partial charge in [-0.3, -0.25) is 0 Å². The molecule has 0 heterocycles. The van der Waals surface area contributed by atoms with E-state index < -0.39 is 23.4 Å². The van der Waals surface area contributed by atoms with E-state index in [0.717, 1.165) is 0 Å². The minimum absolute atomic E-state index is 0.0312. The monoisotopic (exact) mass is 297 g/mol. The lowest BCUT2D eigenvalue weighted by molar-refractivity contribution is -0.908. The highest BCUT2D eigenvalue weighted by atomic mass is 16.6. The Labute approximate surface area is 125 Å². The number of hydrogen-bond acceptors (Lipinski definition) is 5. The second-order valence-electron chi connectivity index (χ2n) is 5.86. The fourth-order valence-electron chi connectivity index (χ4n) is 1.92. The number of aliphatic carboxylic acids is 1. The lowest BCUT2D eigenvalue weighted by atomic mass is 9.90. The van der Waals surface area contributed by atoms with E-state index in [-0.39, 0.29) is 22.1 Å². The van der Waals surface area contributed by atoms with Gasteiger partial charge in [0, 0.05) is 17.6 Å². The second-order valence-corrected chi connectivity index (χ2v) is 5.86. The van der Waals surface area contributed by atoms with Crippen molar-refractivity contribution in [3.63, 3.8) is 0 Å². The summed E-state index contributed by atoms with van der Waals surface area (Å²) in [7, 11) is 5.06. The number of likely N-dealkylation sites (N-methyl/N-ethyl adjacent to an activating group) is 1. The van der Waals surface area contributed by atoms with Crippen molar-refractivity contribution >= 4 is 17.9 Å². The molecule has 0 fully saturated rings. The Hall–Kier alpha value is -1.95. The number of carboxylic acids is 1. The Bertz CT molecular complexity index is 499. The Morgan fingerprint density at radius 3 is 1.95 bits per heavy atom. The number of esters is 2. The molecule has 0 aliphatic carbocycles. The summed E-state index contributed by atoms with van der Waals surface area (Å²) in [5, 5.41) is 11.6. The second kappa shape index (κ2) is 6.67. The normalized spacial score (nSPS) is 15.0. The number of rotatable bonds is 6. The number of carbonyl (C=O) groups excluding carboxylic acids is 3. The number of quaternary nitrogens is 1. The third kappa shape index (κ3) is 4.26. The van der Waals surface area contributed by atoms with E-state index in [0.29, 0.717) is 0 Å². The van der Waals surface area contributed by atoms with Crippen LogP contribution in [0.3, 0.4) is 0 Å². The molecule has 0 aliphatic rings. The van der Waals surface area contributed by atoms with Crippen molar-refractivity contribution in [1.29, 1.82) is 0 Å². The maximum Gasteiger partial charge on any atom is 0.341 e. The van der Waals surface area contributed by atoms with E-state index in [1.807, 2.05) is 0 Å². The van der Waals surface area contributed by atoms with E-state index in [1.54, 1.807) is 28.1 Å². The van der Waals surface area contributed by atoms with Gasteiger partial charge < -0.3 is 19.1 Å². The topological polar surface area (TPSA) is 83.5 Å². The molecule has 6 heteroatoms. The van der Waals surface area contributed by atoms with Gasteiger partial charge in [0.25, 0.3) is 0 Å². The molecule has 0 aromatic rings. The van der Waals surface area contributed by atoms with Gasteiger partial charge >= 0.3 is 11.9 Å². The van der Waals surface area contributed by atoms with Gasteiger partial charge in [0.2, 0.25) is 0 Å². The van der Waals surface area contributed by atoms with Crippen LogP contribution in [0.25, 0.3) is 0 Å². The molecular formula is C15H23NO5. The van der Waals surface area contributed by atoms with Crippen LogP contribution in [-0.2, 0) is 19.1 Å². The Morgan fingerprint density at radius 1 is 1.19 bits per heavy atom. The molecule has 0 amide bonds. The standard InChI is InChI=1S/C15H23NO5/c1-8-15(14(19)20,16(5,6)7)9-11(4)13(18)21-12(17)10(2)3/h9H,2,8H2,1,3-7H3. The quantitative estimate of drug-likeness (QED) is 0.302. The Kier molecular flexibility index (Phi) is 6.05. The first-order valence-corrected chi connectivity index (χ1v) is 6.53. The lowest BCUT2D eigenvalue weighted by Gasteiger charge is -2.44. The van der Waals surface area contributed by atoms with Crippen molar-refractivity contribution in [3.05, 3.63) is 23.8 Å². The number of carbonyl (C=O) groups is 3. The largest absolute Gasteiger partial charge is 0.543 e. The van der Waals surface area contributed by atoms with Crippen molar-refractivity contribution in [3.8, 4) is 0 Å². The zero-order valence-corrected chi connectivity index (χ0v) is 13.5. The summed E-state index contributed by atoms with van der Waals surface area (Å²) in [6, 6.07) is 0. The lowest BCUT2D eigenvalue weighted by Crippen LogP contribution is -2.65. The van der Waals surface area contributed by atoms with Crippen molar-refractivity contribution in [2.75, 3.05) is 21.1 Å². The van der Waals surface area contributed by atoms with Crippen molar-refractivity contribution in [2.45, 2.75) is 32.7 Å². The van der Waals surface area contributed by atoms with Gasteiger partial charge in [-0.05, 0) is 19.9 Å². The number of hydrogen-bond donors (Lipinski definition) is 0. The molecule has 0 aromatic carbocycles. The predicted molar refractivity (Wildman–Crippen MR) is 75.7 cm³/mol. The summed E-state index contributed by atoms with van der Waals surface area (Å²) in [6.45, 7) is 7.87. The summed E-state index contributed by atoms with van der Waals surface area (Å²) < 4.78 is 4.62. The zero-order valence-electron chi connectivity index (χ0n) is 13.5. The van der Waals surface area contributed by atoms with Gasteiger partial charge in [-0.15, -0.1) is 0 Å². The third-order valence-electron chi connectivity index (χ3n) is 3.40. The third-order valence-corrected chi connectivity index (χ3v) is 3.40. The molecule has 0 aliphatic heterocycles. The fraction of sp³-hybridized carbons (Fsp3) is 0.533. The summed E-state index contributed by atoms with van der Waals surface area (Å²) >= 11 is 0. The molecule has 1 atom stereocenters. The van der Waals surface area contributed by atoms with Gasteiger partial charge in [0.15, 0.2) is 5.54 Å². The molecule has 0 saturated heterocycles. The van der Waals surface area contributed by atoms with Crippen LogP contribution >= 0.6 is 0 Å². The smallest absolute Gasteiger partial charge is 0.341 e. The average Bonchev–Trinajstić information content (AvgIpc) is 2.33. The molecule has 21 heavy (non-hydrogen) atoms. The van der Waals surface area contributed by atoms with Crippen LogP contribution < -0.4 is 5.11 Å². The molecule has 0 spiro atoms. The highest BCUT2D eigenvalue weighted by molar-refractivity contribution is 6.01. The minimum Gasteiger partial charge on any atom is -0.543 e. The van der Waals surface area contributed by atoms with E-state index in [4.69, 9.17) is 0 Å². The molecule has 0 N–H and O–H groups in total. The molecule has 0 aromatic heterocycles. The van der Waals surface area contributed by atoms with E-state index in [9.17, 15) is 19.5 Å². The molecule has 0 rings (SSSR count). The van der Waals surface area contributed by atoms with Gasteiger partial charge in [-0.25, -0.2) is 9.59 Å². The molecule has 0 bridgehead atoms. The van der Waals surface area contributed by atoms with Crippen molar-refractivity contribution in [1.82, 2.24) is 0 Å². The molecule has 118 valence electrons. The van der Waals surface area contributed by atoms with Crippen LogP contribution in [0, 0.1) is 0 Å². The average molecular weight is 297 g/mol. The Morgan fingerprint density at radius 2 is 1.67 bits per heavy atom. The van der Waals surface area contributed by atoms with Crippen LogP contribution in [-0.4, -0.2) is 49.1 Å². The summed E-state index contributed by atoms with van der Waals surface area (Å²) in [4.78, 5) is 34.7. The first kappa shape index (κ1) is 19.1. The predicted octanol–water partition coefficient (Wildman–Crippen LogP) is 0.184. The van der Waals surface area contributed by atoms with Gasteiger partial charge in [-0.1, -0.05) is 13.5 Å². The fourth-order valence-corrected chi connectivity index (χ4v) is 1.92. The minimum atomic E-state index is -1.39. The molecule has 1 unspecified atom stereocenters. The molecular weight excluding hydrogens is 274 g/mol. The first-order chi connectivity index (χ1) is 9.39. The highest BCUT2D eigenvalue weighted by Crippen LogP contribution is 2.26. The highest BCUT2D eigenvalue weighted by Gasteiger charge is 2.42. The van der Waals surface area contributed by atoms with Crippen LogP contribution in [0.4, 0.5) is 0 Å². The maximum absolute atomic E-state index is 11.8. The zero-order chi connectivity index (χ0) is 17.0. The number of nitrogens with zero attached hydrogens (tertiary/aromatic N) is 1. The summed E-state index contributed by atoms with van der Waals surface area (Å²) in [5.74, 6) is -3.03. The van der Waals surface area contributed by atoms with Crippen LogP contribution in [0.5, 0.6) is 0 Å². The van der Waals surface area contributed by atoms with E-state index in [2.05, 4.69) is 11.3 Å². The van der Waals surface area contributed by atoms with E-state index in [1.165, 1.54) is 19.9 Å². The molecule has 0 radical (unpaired) electrons. The van der Waals surface area contributed by atoms with E-state index >= 15 is 0 Å². The SMILES string of the molecule is C=C(C)C(=O)OC(=O)C(C)=CC(CC)(C(=O)[O-])[N+](C)(C)C. The molecule has 0 saturated carbocycles. The first-order valence-electron chi connectivity index (χ1n) is 6.53. The van der Waals surface area contributed by atoms with Crippen molar-refractivity contribution < 1.29 is 28.7 Å². The van der Waals surface area contributed by atoms with Crippen molar-refractivity contribution in [2.24, 2.45) is 0 Å². The van der Waals surface area contributed by atoms with Crippen LogP contribution in [0.2, 0.25) is 0 Å². The summed E-state index contributed by atoms with van der Waals surface area (Å²) in [6.07, 6.45) is 1.51. The summed E-state index contributed by atoms with van der Waals surface area (Å²) in [5.41, 5.74) is -1.27. The van der Waals surface area contributed by atoms with Gasteiger partial charge in [-0.2, -0.15) is 0 Å². The van der Waals surface area contributed by atoms with Crippen LogP contribution in [0.1, 0.15) is 27.2 Å². The number of carboxylic acid groups (broad SMARTS) is 1. The van der Waals surface area contributed by atoms with Gasteiger partial charge in [0.05, 0.1) is 21.1 Å². The van der Waals surface area contributed by atoms with Gasteiger partial charge in [0.1, 0.15) is 5.97 Å². The Balaban J connectivity index is 5.60. The maximum atomic E-state index is 11.8. The van der Waals surface area contributed by atoms with Crippen LogP contribution in [0.15, 0.2) is 23.8 Å².